The number of carbonyl (C=O) groups is 1. The molecule has 0 radical (unpaired) electrons. The summed E-state index contributed by atoms with van der Waals surface area (Å²) in [7, 11) is 0. The maximum Gasteiger partial charge on any atom is 0.233 e. The van der Waals surface area contributed by atoms with Crippen molar-refractivity contribution >= 4 is 18.5 Å². The van der Waals surface area contributed by atoms with Crippen molar-refractivity contribution in [3.8, 4) is 0 Å². The van der Waals surface area contributed by atoms with Crippen molar-refractivity contribution in [2.75, 3.05) is 6.61 Å². The Balaban J connectivity index is 1.53. The largest absolute Gasteiger partial charge is 0.376 e. The van der Waals surface area contributed by atoms with E-state index in [9.17, 15) is 4.79 Å². The summed E-state index contributed by atoms with van der Waals surface area (Å²) in [6.45, 7) is 0.766. The molecule has 2 aliphatic rings. The fourth-order valence-electron chi connectivity index (χ4n) is 2.86. The van der Waals surface area contributed by atoms with E-state index in [0.717, 1.165) is 18.6 Å². The van der Waals surface area contributed by atoms with Gasteiger partial charge in [-0.3, -0.25) is 4.79 Å². The fraction of sp³-hybridized carbons (Fsp3) is 0.562. The van der Waals surface area contributed by atoms with Gasteiger partial charge in [0.25, 0.3) is 0 Å². The molecule has 20 heavy (non-hydrogen) atoms. The van der Waals surface area contributed by atoms with E-state index in [2.05, 4.69) is 17.9 Å². The zero-order valence-electron chi connectivity index (χ0n) is 11.5. The minimum atomic E-state index is -0.294. The van der Waals surface area contributed by atoms with Gasteiger partial charge in [0, 0.05) is 6.61 Å². The highest BCUT2D eigenvalue weighted by Gasteiger charge is 2.41. The van der Waals surface area contributed by atoms with Gasteiger partial charge in [-0.05, 0) is 37.2 Å². The predicted octanol–water partition coefficient (Wildman–Crippen LogP) is 2.21. The molecular weight excluding hydrogens is 270 g/mol. The zero-order chi connectivity index (χ0) is 13.9. The molecular formula is C16H21NO2S. The monoisotopic (exact) mass is 291 g/mol. The first-order valence-corrected chi connectivity index (χ1v) is 7.89. The van der Waals surface area contributed by atoms with Crippen LogP contribution in [-0.2, 0) is 16.0 Å². The van der Waals surface area contributed by atoms with Crippen molar-refractivity contribution in [2.45, 2.75) is 43.1 Å². The van der Waals surface area contributed by atoms with Crippen molar-refractivity contribution in [1.82, 2.24) is 5.32 Å². The quantitative estimate of drug-likeness (QED) is 0.816. The summed E-state index contributed by atoms with van der Waals surface area (Å²) in [5.41, 5.74) is 1.14. The summed E-state index contributed by atoms with van der Waals surface area (Å²) in [4.78, 5) is 12.2. The number of nitrogens with one attached hydrogen (secondary N) is 1. The lowest BCUT2D eigenvalue weighted by Gasteiger charge is -2.21. The Hall–Kier alpha value is -1.00. The first kappa shape index (κ1) is 14.0. The standard InChI is InChI=1S/C16H21NO2S/c18-16(14(20)10-11-4-2-1-3-5-11)17-13-8-9-19-15(13)12-6-7-12/h1-5,12-15,20H,6-10H2,(H,17,18). The molecule has 1 aromatic rings. The lowest BCUT2D eigenvalue weighted by atomic mass is 10.1. The number of thiol groups is 1. The Bertz CT molecular complexity index is 461. The van der Waals surface area contributed by atoms with Crippen LogP contribution < -0.4 is 5.32 Å². The Morgan fingerprint density at radius 3 is 2.75 bits per heavy atom. The fourth-order valence-corrected chi connectivity index (χ4v) is 3.15. The SMILES string of the molecule is O=C(NC1CCOC1C1CC1)C(S)Cc1ccccc1. The van der Waals surface area contributed by atoms with Crippen LogP contribution in [-0.4, -0.2) is 29.9 Å². The van der Waals surface area contributed by atoms with Crippen molar-refractivity contribution in [2.24, 2.45) is 5.92 Å². The molecule has 0 bridgehead atoms. The molecule has 1 saturated carbocycles. The Morgan fingerprint density at radius 2 is 2.05 bits per heavy atom. The number of amides is 1. The molecule has 0 spiro atoms. The number of carbonyl (C=O) groups excluding carboxylic acids is 1. The van der Waals surface area contributed by atoms with Gasteiger partial charge in [0.2, 0.25) is 5.91 Å². The second-order valence-corrected chi connectivity index (χ2v) is 6.41. The van der Waals surface area contributed by atoms with Crippen molar-refractivity contribution in [3.05, 3.63) is 35.9 Å². The smallest absolute Gasteiger partial charge is 0.233 e. The maximum atomic E-state index is 12.2. The molecule has 108 valence electrons. The van der Waals surface area contributed by atoms with Crippen LogP contribution in [0.4, 0.5) is 0 Å². The highest BCUT2D eigenvalue weighted by molar-refractivity contribution is 7.81. The molecule has 1 heterocycles. The maximum absolute atomic E-state index is 12.2. The highest BCUT2D eigenvalue weighted by atomic mass is 32.1. The number of ether oxygens (including phenoxy) is 1. The second kappa shape index (κ2) is 6.19. The Morgan fingerprint density at radius 1 is 1.30 bits per heavy atom. The van der Waals surface area contributed by atoms with Gasteiger partial charge >= 0.3 is 0 Å². The van der Waals surface area contributed by atoms with E-state index in [1.165, 1.54) is 12.8 Å². The highest BCUT2D eigenvalue weighted by Crippen LogP contribution is 2.38. The van der Waals surface area contributed by atoms with Gasteiger partial charge < -0.3 is 10.1 Å². The van der Waals surface area contributed by atoms with Gasteiger partial charge in [-0.2, -0.15) is 12.6 Å². The molecule has 2 fully saturated rings. The summed E-state index contributed by atoms with van der Waals surface area (Å²) in [6.07, 6.45) is 4.31. The minimum Gasteiger partial charge on any atom is -0.376 e. The summed E-state index contributed by atoms with van der Waals surface area (Å²) in [6, 6.07) is 10.2. The Kier molecular flexibility index (Phi) is 4.32. The van der Waals surface area contributed by atoms with E-state index in [1.54, 1.807) is 0 Å². The lowest BCUT2D eigenvalue weighted by molar-refractivity contribution is -0.121. The van der Waals surface area contributed by atoms with E-state index >= 15 is 0 Å². The lowest BCUT2D eigenvalue weighted by Crippen LogP contribution is -2.45. The molecule has 3 nitrogen and oxygen atoms in total. The van der Waals surface area contributed by atoms with Gasteiger partial charge in [0.15, 0.2) is 0 Å². The average Bonchev–Trinajstić information content (AvgIpc) is 3.20. The van der Waals surface area contributed by atoms with Crippen molar-refractivity contribution in [1.29, 1.82) is 0 Å². The normalized spacial score (nSPS) is 27.2. The zero-order valence-corrected chi connectivity index (χ0v) is 12.4. The number of hydrogen-bond acceptors (Lipinski definition) is 3. The van der Waals surface area contributed by atoms with Crippen LogP contribution in [0, 0.1) is 5.92 Å². The van der Waals surface area contributed by atoms with Crippen LogP contribution in [0.5, 0.6) is 0 Å². The predicted molar refractivity (Wildman–Crippen MR) is 81.9 cm³/mol. The number of benzene rings is 1. The van der Waals surface area contributed by atoms with Crippen LogP contribution >= 0.6 is 12.6 Å². The number of hydrogen-bond donors (Lipinski definition) is 2. The van der Waals surface area contributed by atoms with Crippen LogP contribution in [0.15, 0.2) is 30.3 Å². The molecule has 3 rings (SSSR count). The van der Waals surface area contributed by atoms with Gasteiger partial charge in [0.05, 0.1) is 17.4 Å². The summed E-state index contributed by atoms with van der Waals surface area (Å²) < 4.78 is 5.75. The van der Waals surface area contributed by atoms with Crippen molar-refractivity contribution in [3.63, 3.8) is 0 Å². The van der Waals surface area contributed by atoms with E-state index in [-0.39, 0.29) is 23.3 Å². The third-order valence-corrected chi connectivity index (χ3v) is 4.54. The van der Waals surface area contributed by atoms with E-state index in [4.69, 9.17) is 4.74 Å². The van der Waals surface area contributed by atoms with Crippen molar-refractivity contribution < 1.29 is 9.53 Å². The summed E-state index contributed by atoms with van der Waals surface area (Å²) in [5, 5.41) is 2.84. The molecule has 1 aliphatic carbocycles. The van der Waals surface area contributed by atoms with E-state index in [1.807, 2.05) is 30.3 Å². The molecule has 1 aliphatic heterocycles. The van der Waals surface area contributed by atoms with Crippen LogP contribution in [0.3, 0.4) is 0 Å². The first-order chi connectivity index (χ1) is 9.74. The third kappa shape index (κ3) is 3.36. The van der Waals surface area contributed by atoms with Crippen LogP contribution in [0.1, 0.15) is 24.8 Å². The number of rotatable bonds is 5. The van der Waals surface area contributed by atoms with Gasteiger partial charge in [-0.25, -0.2) is 0 Å². The first-order valence-electron chi connectivity index (χ1n) is 7.38. The van der Waals surface area contributed by atoms with E-state index < -0.39 is 0 Å². The molecule has 4 heteroatoms. The van der Waals surface area contributed by atoms with Gasteiger partial charge in [-0.15, -0.1) is 0 Å². The van der Waals surface area contributed by atoms with Crippen LogP contribution in [0.25, 0.3) is 0 Å². The molecule has 1 aromatic carbocycles. The van der Waals surface area contributed by atoms with Gasteiger partial charge in [0.1, 0.15) is 0 Å². The third-order valence-electron chi connectivity index (χ3n) is 4.12. The topological polar surface area (TPSA) is 38.3 Å². The summed E-state index contributed by atoms with van der Waals surface area (Å²) >= 11 is 4.45. The molecule has 0 aromatic heterocycles. The Labute approximate surface area is 125 Å². The molecule has 3 atom stereocenters. The molecule has 3 unspecified atom stereocenters. The van der Waals surface area contributed by atoms with Crippen LogP contribution in [0.2, 0.25) is 0 Å². The average molecular weight is 291 g/mol. The molecule has 1 saturated heterocycles. The second-order valence-electron chi connectivity index (χ2n) is 5.78. The molecule has 1 N–H and O–H groups in total. The molecule has 1 amide bonds. The minimum absolute atomic E-state index is 0.0262. The van der Waals surface area contributed by atoms with Gasteiger partial charge in [-0.1, -0.05) is 30.3 Å². The van der Waals surface area contributed by atoms with E-state index in [0.29, 0.717) is 12.3 Å². The summed E-state index contributed by atoms with van der Waals surface area (Å²) in [5.74, 6) is 0.689.